The van der Waals surface area contributed by atoms with Gasteiger partial charge in [0.1, 0.15) is 11.5 Å². The molecule has 0 saturated carbocycles. The Hall–Kier alpha value is -0.800. The second kappa shape index (κ2) is 5.69. The van der Waals surface area contributed by atoms with Gasteiger partial charge in [0.05, 0.1) is 18.2 Å². The van der Waals surface area contributed by atoms with Gasteiger partial charge in [0, 0.05) is 0 Å². The van der Waals surface area contributed by atoms with E-state index in [4.69, 9.17) is 9.15 Å². The second-order valence-electron chi connectivity index (χ2n) is 4.94. The van der Waals surface area contributed by atoms with Crippen molar-refractivity contribution in [3.63, 3.8) is 0 Å². The zero-order chi connectivity index (χ0) is 12.3. The van der Waals surface area contributed by atoms with Gasteiger partial charge in [0.2, 0.25) is 0 Å². The molecule has 1 fully saturated rings. The number of nitrogens with one attached hydrogen (secondary N) is 1. The average molecular weight is 237 g/mol. The molecule has 1 saturated heterocycles. The maximum atomic E-state index is 5.96. The Kier molecular flexibility index (Phi) is 4.24. The lowest BCUT2D eigenvalue weighted by molar-refractivity contribution is 0.0266. The molecule has 3 heteroatoms. The van der Waals surface area contributed by atoms with Crippen LogP contribution in [0.25, 0.3) is 0 Å². The van der Waals surface area contributed by atoms with Gasteiger partial charge in [0.15, 0.2) is 0 Å². The molecule has 1 aliphatic heterocycles. The minimum Gasteiger partial charge on any atom is -0.465 e. The number of hydrogen-bond acceptors (Lipinski definition) is 3. The topological polar surface area (TPSA) is 34.4 Å². The first-order valence-corrected chi connectivity index (χ1v) is 6.66. The molecule has 1 aromatic rings. The van der Waals surface area contributed by atoms with Crippen LogP contribution in [-0.2, 0) is 4.74 Å². The Morgan fingerprint density at radius 2 is 2.24 bits per heavy atom. The highest BCUT2D eigenvalue weighted by Crippen LogP contribution is 2.30. The second-order valence-corrected chi connectivity index (χ2v) is 4.94. The highest BCUT2D eigenvalue weighted by atomic mass is 16.5. The van der Waals surface area contributed by atoms with Crippen LogP contribution in [0.2, 0.25) is 0 Å². The first-order chi connectivity index (χ1) is 8.20. The summed E-state index contributed by atoms with van der Waals surface area (Å²) in [6.45, 7) is 7.30. The van der Waals surface area contributed by atoms with E-state index >= 15 is 0 Å². The molecular weight excluding hydrogens is 214 g/mol. The minimum absolute atomic E-state index is 0.202. The van der Waals surface area contributed by atoms with Crippen LogP contribution in [0.15, 0.2) is 16.5 Å². The Bertz CT molecular complexity index is 348. The van der Waals surface area contributed by atoms with E-state index in [9.17, 15) is 0 Å². The first kappa shape index (κ1) is 12.7. The highest BCUT2D eigenvalue weighted by Gasteiger charge is 2.31. The SMILES string of the molecule is CCCNC(c1ccc(C)o1)C1CCC(C)O1. The molecule has 2 heterocycles. The third kappa shape index (κ3) is 3.11. The van der Waals surface area contributed by atoms with E-state index in [2.05, 4.69) is 25.2 Å². The van der Waals surface area contributed by atoms with Gasteiger partial charge >= 0.3 is 0 Å². The van der Waals surface area contributed by atoms with E-state index in [1.54, 1.807) is 0 Å². The van der Waals surface area contributed by atoms with Crippen molar-refractivity contribution in [2.24, 2.45) is 0 Å². The molecule has 0 bridgehead atoms. The Labute approximate surface area is 104 Å². The molecule has 17 heavy (non-hydrogen) atoms. The molecule has 3 nitrogen and oxygen atoms in total. The van der Waals surface area contributed by atoms with Gasteiger partial charge in [-0.15, -0.1) is 0 Å². The van der Waals surface area contributed by atoms with Gasteiger partial charge in [-0.25, -0.2) is 0 Å². The molecule has 2 rings (SSSR count). The molecule has 3 unspecified atom stereocenters. The maximum absolute atomic E-state index is 5.96. The van der Waals surface area contributed by atoms with Gasteiger partial charge in [-0.2, -0.15) is 0 Å². The van der Waals surface area contributed by atoms with Crippen molar-refractivity contribution in [3.8, 4) is 0 Å². The van der Waals surface area contributed by atoms with Crippen molar-refractivity contribution in [1.82, 2.24) is 5.32 Å². The molecule has 0 amide bonds. The number of furan rings is 1. The summed E-state index contributed by atoms with van der Waals surface area (Å²) < 4.78 is 11.7. The summed E-state index contributed by atoms with van der Waals surface area (Å²) in [4.78, 5) is 0. The summed E-state index contributed by atoms with van der Waals surface area (Å²) in [7, 11) is 0. The summed E-state index contributed by atoms with van der Waals surface area (Å²) >= 11 is 0. The maximum Gasteiger partial charge on any atom is 0.123 e. The first-order valence-electron chi connectivity index (χ1n) is 6.66. The number of ether oxygens (including phenoxy) is 1. The number of rotatable bonds is 5. The number of aryl methyl sites for hydroxylation is 1. The molecule has 1 aromatic heterocycles. The summed E-state index contributed by atoms with van der Waals surface area (Å²) in [6.07, 6.45) is 4.01. The van der Waals surface area contributed by atoms with Crippen LogP contribution in [0.1, 0.15) is 50.7 Å². The fourth-order valence-corrected chi connectivity index (χ4v) is 2.41. The van der Waals surface area contributed by atoms with Crippen molar-refractivity contribution in [3.05, 3.63) is 23.7 Å². The highest BCUT2D eigenvalue weighted by molar-refractivity contribution is 5.12. The normalized spacial score (nSPS) is 26.3. The van der Waals surface area contributed by atoms with Crippen LogP contribution < -0.4 is 5.32 Å². The van der Waals surface area contributed by atoms with Crippen LogP contribution in [0.5, 0.6) is 0 Å². The van der Waals surface area contributed by atoms with E-state index in [0.717, 1.165) is 37.3 Å². The molecular formula is C14H23NO2. The fourth-order valence-electron chi connectivity index (χ4n) is 2.41. The van der Waals surface area contributed by atoms with E-state index in [1.807, 2.05) is 13.0 Å². The van der Waals surface area contributed by atoms with Crippen LogP contribution in [0.3, 0.4) is 0 Å². The molecule has 0 aliphatic carbocycles. The predicted octanol–water partition coefficient (Wildman–Crippen LogP) is 3.20. The van der Waals surface area contributed by atoms with Crippen molar-refractivity contribution in [1.29, 1.82) is 0 Å². The average Bonchev–Trinajstić information content (AvgIpc) is 2.89. The van der Waals surface area contributed by atoms with E-state index in [1.165, 1.54) is 0 Å². The van der Waals surface area contributed by atoms with Gasteiger partial charge in [-0.3, -0.25) is 0 Å². The quantitative estimate of drug-likeness (QED) is 0.854. The Balaban J connectivity index is 2.07. The monoisotopic (exact) mass is 237 g/mol. The summed E-state index contributed by atoms with van der Waals surface area (Å²) in [5.74, 6) is 1.98. The van der Waals surface area contributed by atoms with E-state index in [-0.39, 0.29) is 12.1 Å². The molecule has 0 radical (unpaired) electrons. The molecule has 96 valence electrons. The summed E-state index contributed by atoms with van der Waals surface area (Å²) in [5, 5.41) is 3.54. The molecule has 1 N–H and O–H groups in total. The minimum atomic E-state index is 0.202. The smallest absolute Gasteiger partial charge is 0.123 e. The molecule has 1 aliphatic rings. The Morgan fingerprint density at radius 3 is 2.76 bits per heavy atom. The summed E-state index contributed by atoms with van der Waals surface area (Å²) in [5.41, 5.74) is 0. The lowest BCUT2D eigenvalue weighted by atomic mass is 10.0. The van der Waals surface area contributed by atoms with Crippen LogP contribution in [0.4, 0.5) is 0 Å². The van der Waals surface area contributed by atoms with Gasteiger partial charge < -0.3 is 14.5 Å². The predicted molar refractivity (Wildman–Crippen MR) is 68.0 cm³/mol. The van der Waals surface area contributed by atoms with Gasteiger partial charge in [-0.1, -0.05) is 6.92 Å². The van der Waals surface area contributed by atoms with Crippen molar-refractivity contribution in [2.75, 3.05) is 6.54 Å². The third-order valence-electron chi connectivity index (χ3n) is 3.32. The zero-order valence-corrected chi connectivity index (χ0v) is 11.0. The summed E-state index contributed by atoms with van der Waals surface area (Å²) in [6, 6.07) is 4.29. The van der Waals surface area contributed by atoms with Crippen LogP contribution in [-0.4, -0.2) is 18.8 Å². The number of hydrogen-bond donors (Lipinski definition) is 1. The Morgan fingerprint density at radius 1 is 1.41 bits per heavy atom. The standard InChI is InChI=1S/C14H23NO2/c1-4-9-15-14(12-7-5-10(2)16-12)13-8-6-11(3)17-13/h5,7,11,13-15H,4,6,8-9H2,1-3H3. The third-order valence-corrected chi connectivity index (χ3v) is 3.32. The van der Waals surface area contributed by atoms with Crippen molar-refractivity contribution in [2.45, 2.75) is 58.3 Å². The fraction of sp³-hybridized carbons (Fsp3) is 0.714. The lowest BCUT2D eigenvalue weighted by Crippen LogP contribution is -2.32. The van der Waals surface area contributed by atoms with E-state index in [0.29, 0.717) is 6.10 Å². The largest absolute Gasteiger partial charge is 0.465 e. The van der Waals surface area contributed by atoms with Gasteiger partial charge in [0.25, 0.3) is 0 Å². The van der Waals surface area contributed by atoms with Crippen LogP contribution in [0, 0.1) is 6.92 Å². The van der Waals surface area contributed by atoms with Gasteiger partial charge in [-0.05, 0) is 51.8 Å². The molecule has 0 aromatic carbocycles. The molecule has 0 spiro atoms. The van der Waals surface area contributed by atoms with Crippen molar-refractivity contribution < 1.29 is 9.15 Å². The lowest BCUT2D eigenvalue weighted by Gasteiger charge is -2.23. The van der Waals surface area contributed by atoms with Crippen molar-refractivity contribution >= 4 is 0 Å². The zero-order valence-electron chi connectivity index (χ0n) is 11.0. The van der Waals surface area contributed by atoms with Crippen LogP contribution >= 0.6 is 0 Å². The molecule has 3 atom stereocenters. The van der Waals surface area contributed by atoms with E-state index < -0.39 is 0 Å².